The lowest BCUT2D eigenvalue weighted by Gasteiger charge is -2.16. The van der Waals surface area contributed by atoms with Gasteiger partial charge in [0.1, 0.15) is 5.70 Å². The van der Waals surface area contributed by atoms with Crippen molar-refractivity contribution in [3.63, 3.8) is 0 Å². The second-order valence-corrected chi connectivity index (χ2v) is 11.9. The van der Waals surface area contributed by atoms with E-state index in [2.05, 4.69) is 29.8 Å². The molecule has 6 nitrogen and oxygen atoms in total. The van der Waals surface area contributed by atoms with Crippen molar-refractivity contribution < 1.29 is 27.6 Å². The maximum Gasteiger partial charge on any atom is 0.418 e. The third-order valence-electron chi connectivity index (χ3n) is 6.73. The van der Waals surface area contributed by atoms with Crippen molar-refractivity contribution in [1.29, 1.82) is 0 Å². The largest absolute Gasteiger partial charge is 0.418 e. The average molecular weight is 632 g/mol. The SMILES string of the molecule is CC(Sc1ccc(NC(=O)/C(=C/c2ccc(C(C)C)cc2)NC(=O)c2ccccc2)cc1)C(=O)Nc1ccccc1C(F)(F)F. The Morgan fingerprint density at radius 1 is 0.756 bits per heavy atom. The molecule has 3 amide bonds. The molecule has 0 fully saturated rings. The Hall–Kier alpha value is -4.83. The van der Waals surface area contributed by atoms with Gasteiger partial charge in [-0.25, -0.2) is 0 Å². The van der Waals surface area contributed by atoms with Crippen LogP contribution >= 0.6 is 11.8 Å². The molecule has 1 unspecified atom stereocenters. The molecule has 0 aliphatic heterocycles. The molecular formula is C35H32F3N3O3S. The number of benzene rings is 4. The van der Waals surface area contributed by atoms with Gasteiger partial charge in [-0.15, -0.1) is 11.8 Å². The van der Waals surface area contributed by atoms with Crippen LogP contribution in [0, 0.1) is 0 Å². The number of carbonyl (C=O) groups is 3. The summed E-state index contributed by atoms with van der Waals surface area (Å²) >= 11 is 1.15. The predicted octanol–water partition coefficient (Wildman–Crippen LogP) is 8.36. The Morgan fingerprint density at radius 3 is 2.00 bits per heavy atom. The van der Waals surface area contributed by atoms with Crippen molar-refractivity contribution in [2.45, 2.75) is 43.0 Å². The van der Waals surface area contributed by atoms with E-state index >= 15 is 0 Å². The molecule has 0 bridgehead atoms. The molecule has 0 aromatic heterocycles. The van der Waals surface area contributed by atoms with Crippen molar-refractivity contribution in [2.24, 2.45) is 0 Å². The number of nitrogens with one attached hydrogen (secondary N) is 3. The number of para-hydroxylation sites is 1. The van der Waals surface area contributed by atoms with Crippen LogP contribution in [0.5, 0.6) is 0 Å². The van der Waals surface area contributed by atoms with Crippen LogP contribution in [0.4, 0.5) is 24.5 Å². The number of hydrogen-bond donors (Lipinski definition) is 3. The average Bonchev–Trinajstić information content (AvgIpc) is 3.02. The Morgan fingerprint density at radius 2 is 1.38 bits per heavy atom. The van der Waals surface area contributed by atoms with Gasteiger partial charge in [-0.05, 0) is 78.6 Å². The highest BCUT2D eigenvalue weighted by atomic mass is 32.2. The molecular weight excluding hydrogens is 599 g/mol. The van der Waals surface area contributed by atoms with Gasteiger partial charge in [-0.1, -0.05) is 68.4 Å². The van der Waals surface area contributed by atoms with Crippen LogP contribution in [-0.4, -0.2) is 23.0 Å². The van der Waals surface area contributed by atoms with E-state index in [0.29, 0.717) is 22.1 Å². The van der Waals surface area contributed by atoms with Crippen LogP contribution in [0.25, 0.3) is 6.08 Å². The smallest absolute Gasteiger partial charge is 0.325 e. The zero-order valence-electron chi connectivity index (χ0n) is 24.8. The van der Waals surface area contributed by atoms with Gasteiger partial charge in [0.2, 0.25) is 5.91 Å². The molecule has 1 atom stereocenters. The maximum absolute atomic E-state index is 13.4. The fraction of sp³-hybridized carbons (Fsp3) is 0.171. The van der Waals surface area contributed by atoms with Gasteiger partial charge in [0.15, 0.2) is 0 Å². The predicted molar refractivity (Wildman–Crippen MR) is 173 cm³/mol. The van der Waals surface area contributed by atoms with Gasteiger partial charge in [-0.2, -0.15) is 13.2 Å². The fourth-order valence-electron chi connectivity index (χ4n) is 4.23. The molecule has 4 rings (SSSR count). The summed E-state index contributed by atoms with van der Waals surface area (Å²) in [6.07, 6.45) is -3.00. The van der Waals surface area contributed by atoms with E-state index in [1.165, 1.54) is 18.2 Å². The first-order chi connectivity index (χ1) is 21.4. The van der Waals surface area contributed by atoms with Crippen LogP contribution in [0.2, 0.25) is 0 Å². The van der Waals surface area contributed by atoms with Crippen LogP contribution in [-0.2, 0) is 15.8 Å². The minimum absolute atomic E-state index is 0.0454. The maximum atomic E-state index is 13.4. The highest BCUT2D eigenvalue weighted by Gasteiger charge is 2.34. The summed E-state index contributed by atoms with van der Waals surface area (Å²) in [5, 5.41) is 7.16. The molecule has 0 radical (unpaired) electrons. The molecule has 3 N–H and O–H groups in total. The molecule has 45 heavy (non-hydrogen) atoms. The molecule has 4 aromatic carbocycles. The van der Waals surface area contributed by atoms with Gasteiger partial charge >= 0.3 is 6.18 Å². The monoisotopic (exact) mass is 631 g/mol. The van der Waals surface area contributed by atoms with Crippen LogP contribution in [0.1, 0.15) is 53.7 Å². The minimum Gasteiger partial charge on any atom is -0.325 e. The van der Waals surface area contributed by atoms with Gasteiger partial charge in [0.25, 0.3) is 11.8 Å². The Kier molecular flexibility index (Phi) is 10.9. The second kappa shape index (κ2) is 14.8. The van der Waals surface area contributed by atoms with E-state index < -0.39 is 34.7 Å². The Bertz CT molecular complexity index is 1670. The summed E-state index contributed by atoms with van der Waals surface area (Å²) in [4.78, 5) is 39.6. The number of alkyl halides is 3. The van der Waals surface area contributed by atoms with Crippen molar-refractivity contribution in [3.05, 3.63) is 131 Å². The van der Waals surface area contributed by atoms with Gasteiger partial charge < -0.3 is 16.0 Å². The molecule has 0 saturated carbocycles. The summed E-state index contributed by atoms with van der Waals surface area (Å²) in [6.45, 7) is 5.76. The first kappa shape index (κ1) is 33.1. The van der Waals surface area contributed by atoms with E-state index in [9.17, 15) is 27.6 Å². The van der Waals surface area contributed by atoms with Gasteiger partial charge in [0, 0.05) is 16.1 Å². The molecule has 4 aromatic rings. The normalized spacial score (nSPS) is 12.4. The fourth-order valence-corrected chi connectivity index (χ4v) is 5.10. The quantitative estimate of drug-likeness (QED) is 0.121. The standard InChI is InChI=1S/C35H32F3N3O3S/c1-22(2)25-15-13-24(14-16-25)21-31(41-33(43)26-9-5-4-6-10-26)34(44)39-27-17-19-28(20-18-27)45-23(3)32(42)40-30-12-8-7-11-29(30)35(36,37)38/h4-23H,1-3H3,(H,39,44)(H,40,42)(H,41,43)/b31-21-. The minimum atomic E-state index is -4.60. The third kappa shape index (κ3) is 9.33. The number of hydrogen-bond acceptors (Lipinski definition) is 4. The topological polar surface area (TPSA) is 87.3 Å². The Balaban J connectivity index is 1.45. The first-order valence-electron chi connectivity index (χ1n) is 14.1. The lowest BCUT2D eigenvalue weighted by atomic mass is 10.0. The first-order valence-corrected chi connectivity index (χ1v) is 15.0. The van der Waals surface area contributed by atoms with Crippen molar-refractivity contribution >= 4 is 46.9 Å². The number of thioether (sulfide) groups is 1. The molecule has 0 saturated heterocycles. The van der Waals surface area contributed by atoms with E-state index in [1.54, 1.807) is 67.6 Å². The zero-order chi connectivity index (χ0) is 32.6. The van der Waals surface area contributed by atoms with E-state index in [4.69, 9.17) is 0 Å². The third-order valence-corrected chi connectivity index (χ3v) is 7.84. The highest BCUT2D eigenvalue weighted by Crippen LogP contribution is 2.35. The van der Waals surface area contributed by atoms with Crippen LogP contribution in [0.15, 0.2) is 114 Å². The number of anilines is 2. The van der Waals surface area contributed by atoms with E-state index in [0.717, 1.165) is 29.0 Å². The van der Waals surface area contributed by atoms with Gasteiger partial charge in [0.05, 0.1) is 16.5 Å². The molecule has 0 aliphatic rings. The molecule has 0 spiro atoms. The summed E-state index contributed by atoms with van der Waals surface area (Å²) in [7, 11) is 0. The molecule has 10 heteroatoms. The Labute approximate surface area is 264 Å². The summed E-state index contributed by atoms with van der Waals surface area (Å²) < 4.78 is 39.9. The lowest BCUT2D eigenvalue weighted by molar-refractivity contribution is -0.137. The van der Waals surface area contributed by atoms with Crippen molar-refractivity contribution in [2.75, 3.05) is 10.6 Å². The summed E-state index contributed by atoms with van der Waals surface area (Å²) in [5.41, 5.74) is 1.53. The second-order valence-electron chi connectivity index (χ2n) is 10.5. The molecule has 0 aliphatic carbocycles. The van der Waals surface area contributed by atoms with E-state index in [-0.39, 0.29) is 11.4 Å². The van der Waals surface area contributed by atoms with Crippen LogP contribution in [0.3, 0.4) is 0 Å². The van der Waals surface area contributed by atoms with Crippen molar-refractivity contribution in [3.8, 4) is 0 Å². The lowest BCUT2D eigenvalue weighted by Crippen LogP contribution is -2.30. The summed E-state index contributed by atoms with van der Waals surface area (Å²) in [5.74, 6) is -1.22. The van der Waals surface area contributed by atoms with Crippen molar-refractivity contribution in [1.82, 2.24) is 5.32 Å². The molecule has 0 heterocycles. The molecule has 232 valence electrons. The number of carbonyl (C=O) groups excluding carboxylic acids is 3. The zero-order valence-corrected chi connectivity index (χ0v) is 25.6. The number of amides is 3. The number of rotatable bonds is 10. The van der Waals surface area contributed by atoms with Crippen LogP contribution < -0.4 is 16.0 Å². The highest BCUT2D eigenvalue weighted by molar-refractivity contribution is 8.00. The van der Waals surface area contributed by atoms with E-state index in [1.807, 2.05) is 24.3 Å². The van der Waals surface area contributed by atoms with Gasteiger partial charge in [-0.3, -0.25) is 14.4 Å². The number of halogens is 3. The summed E-state index contributed by atoms with van der Waals surface area (Å²) in [6, 6.07) is 27.7.